The summed E-state index contributed by atoms with van der Waals surface area (Å²) in [4.78, 5) is 6.23. The molecule has 0 saturated carbocycles. The maximum absolute atomic E-state index is 3.67. The highest BCUT2D eigenvalue weighted by molar-refractivity contribution is 6.08. The molecule has 0 saturated heterocycles. The first-order chi connectivity index (χ1) is 11.9. The van der Waals surface area contributed by atoms with Crippen molar-refractivity contribution in [1.82, 2.24) is 9.88 Å². The van der Waals surface area contributed by atoms with Gasteiger partial charge in [-0.3, -0.25) is 4.90 Å². The van der Waals surface area contributed by atoms with Gasteiger partial charge in [0.1, 0.15) is 0 Å². The third-order valence-electron chi connectivity index (χ3n) is 5.19. The van der Waals surface area contributed by atoms with Gasteiger partial charge >= 0.3 is 0 Å². The van der Waals surface area contributed by atoms with Crippen LogP contribution in [0.25, 0.3) is 21.7 Å². The SMILES string of the molecule is c1ccc(CN2CCc3[nH]c4ccc5ccccc5c4c3C2)cc1. The molecule has 0 atom stereocenters. The minimum Gasteiger partial charge on any atom is -0.358 e. The van der Waals surface area contributed by atoms with Crippen LogP contribution >= 0.6 is 0 Å². The molecule has 0 radical (unpaired) electrons. The van der Waals surface area contributed by atoms with Crippen molar-refractivity contribution >= 4 is 21.7 Å². The smallest absolute Gasteiger partial charge is 0.0465 e. The lowest BCUT2D eigenvalue weighted by Crippen LogP contribution is -2.29. The number of nitrogens with zero attached hydrogens (tertiary/aromatic N) is 1. The normalized spacial score (nSPS) is 15.0. The van der Waals surface area contributed by atoms with E-state index in [0.717, 1.165) is 26.1 Å². The first kappa shape index (κ1) is 13.8. The predicted octanol–water partition coefficient (Wildman–Crippen LogP) is 4.88. The van der Waals surface area contributed by atoms with Crippen LogP contribution in [0.4, 0.5) is 0 Å². The third-order valence-corrected chi connectivity index (χ3v) is 5.19. The molecule has 1 aliphatic rings. The van der Waals surface area contributed by atoms with Gasteiger partial charge in [0.25, 0.3) is 0 Å². The zero-order valence-corrected chi connectivity index (χ0v) is 13.6. The molecule has 0 spiro atoms. The van der Waals surface area contributed by atoms with Crippen molar-refractivity contribution in [2.24, 2.45) is 0 Å². The van der Waals surface area contributed by atoms with Crippen molar-refractivity contribution < 1.29 is 0 Å². The molecular weight excluding hydrogens is 292 g/mol. The molecule has 0 aliphatic carbocycles. The standard InChI is InChI=1S/C22H20N2/c1-2-6-16(7-3-1)14-24-13-12-20-19(15-24)22-18-9-5-4-8-17(18)10-11-21(22)23-20/h1-11,23H,12-15H2. The van der Waals surface area contributed by atoms with Crippen LogP contribution in [-0.4, -0.2) is 16.4 Å². The quantitative estimate of drug-likeness (QED) is 0.559. The van der Waals surface area contributed by atoms with Crippen LogP contribution in [-0.2, 0) is 19.5 Å². The molecule has 1 N–H and O–H groups in total. The van der Waals surface area contributed by atoms with Crippen molar-refractivity contribution in [2.45, 2.75) is 19.5 Å². The van der Waals surface area contributed by atoms with Gasteiger partial charge in [0.15, 0.2) is 0 Å². The topological polar surface area (TPSA) is 19.0 Å². The molecule has 5 rings (SSSR count). The van der Waals surface area contributed by atoms with E-state index >= 15 is 0 Å². The lowest BCUT2D eigenvalue weighted by Gasteiger charge is -2.27. The van der Waals surface area contributed by atoms with E-state index in [1.54, 1.807) is 0 Å². The average molecular weight is 312 g/mol. The third kappa shape index (κ3) is 2.22. The molecule has 118 valence electrons. The highest BCUT2D eigenvalue weighted by atomic mass is 15.1. The maximum atomic E-state index is 3.67. The van der Waals surface area contributed by atoms with Crippen LogP contribution in [0.1, 0.15) is 16.8 Å². The summed E-state index contributed by atoms with van der Waals surface area (Å²) in [5.41, 5.74) is 5.58. The first-order valence-corrected chi connectivity index (χ1v) is 8.66. The molecule has 0 bridgehead atoms. The van der Waals surface area contributed by atoms with Gasteiger partial charge in [0, 0.05) is 42.7 Å². The second kappa shape index (κ2) is 5.50. The minimum absolute atomic E-state index is 1.03. The molecule has 2 nitrogen and oxygen atoms in total. The summed E-state index contributed by atoms with van der Waals surface area (Å²) in [6.07, 6.45) is 1.10. The number of hydrogen-bond donors (Lipinski definition) is 1. The van der Waals surface area contributed by atoms with Gasteiger partial charge in [-0.25, -0.2) is 0 Å². The average Bonchev–Trinajstić information content (AvgIpc) is 3.01. The molecule has 24 heavy (non-hydrogen) atoms. The number of hydrogen-bond acceptors (Lipinski definition) is 1. The predicted molar refractivity (Wildman–Crippen MR) is 100 cm³/mol. The van der Waals surface area contributed by atoms with E-state index in [9.17, 15) is 0 Å². The monoisotopic (exact) mass is 312 g/mol. The molecule has 2 heterocycles. The van der Waals surface area contributed by atoms with E-state index in [-0.39, 0.29) is 0 Å². The fourth-order valence-corrected chi connectivity index (χ4v) is 4.03. The summed E-state index contributed by atoms with van der Waals surface area (Å²) >= 11 is 0. The summed E-state index contributed by atoms with van der Waals surface area (Å²) in [7, 11) is 0. The zero-order valence-electron chi connectivity index (χ0n) is 13.6. The Balaban J connectivity index is 1.58. The molecule has 1 aromatic heterocycles. The molecule has 1 aliphatic heterocycles. The molecule has 2 heteroatoms. The lowest BCUT2D eigenvalue weighted by molar-refractivity contribution is 0.246. The number of rotatable bonds is 2. The Morgan fingerprint density at radius 1 is 0.875 bits per heavy atom. The van der Waals surface area contributed by atoms with Gasteiger partial charge in [-0.15, -0.1) is 0 Å². The number of fused-ring (bicyclic) bond motifs is 5. The van der Waals surface area contributed by atoms with E-state index in [0.29, 0.717) is 0 Å². The van der Waals surface area contributed by atoms with Crippen LogP contribution < -0.4 is 0 Å². The molecular formula is C22H20N2. The van der Waals surface area contributed by atoms with Crippen molar-refractivity contribution in [3.05, 3.63) is 83.6 Å². The second-order valence-corrected chi connectivity index (χ2v) is 6.74. The molecule has 0 fully saturated rings. The van der Waals surface area contributed by atoms with E-state index < -0.39 is 0 Å². The highest BCUT2D eigenvalue weighted by Crippen LogP contribution is 2.33. The van der Waals surface area contributed by atoms with Crippen molar-refractivity contribution in [3.8, 4) is 0 Å². The molecule has 0 unspecified atom stereocenters. The Bertz CT molecular complexity index is 1010. The van der Waals surface area contributed by atoms with Crippen LogP contribution in [0.2, 0.25) is 0 Å². The lowest BCUT2D eigenvalue weighted by atomic mass is 9.99. The van der Waals surface area contributed by atoms with Crippen molar-refractivity contribution in [2.75, 3.05) is 6.54 Å². The zero-order chi connectivity index (χ0) is 15.9. The van der Waals surface area contributed by atoms with Gasteiger partial charge in [0.05, 0.1) is 0 Å². The van der Waals surface area contributed by atoms with Gasteiger partial charge in [-0.1, -0.05) is 60.7 Å². The maximum Gasteiger partial charge on any atom is 0.0465 e. The summed E-state index contributed by atoms with van der Waals surface area (Å²) in [5.74, 6) is 0. The number of aromatic amines is 1. The van der Waals surface area contributed by atoms with Gasteiger partial charge < -0.3 is 4.98 Å². The van der Waals surface area contributed by atoms with E-state index in [2.05, 4.69) is 76.6 Å². The number of benzene rings is 3. The Kier molecular flexibility index (Phi) is 3.17. The first-order valence-electron chi connectivity index (χ1n) is 8.66. The Morgan fingerprint density at radius 2 is 1.71 bits per heavy atom. The van der Waals surface area contributed by atoms with Crippen LogP contribution in [0.5, 0.6) is 0 Å². The number of nitrogens with one attached hydrogen (secondary N) is 1. The fourth-order valence-electron chi connectivity index (χ4n) is 4.03. The van der Waals surface area contributed by atoms with Crippen molar-refractivity contribution in [3.63, 3.8) is 0 Å². The summed E-state index contributed by atoms with van der Waals surface area (Å²) in [5, 5.41) is 4.11. The van der Waals surface area contributed by atoms with E-state index in [1.807, 2.05) is 0 Å². The van der Waals surface area contributed by atoms with E-state index in [4.69, 9.17) is 0 Å². The molecule has 0 amide bonds. The van der Waals surface area contributed by atoms with Gasteiger partial charge in [-0.05, 0) is 28.0 Å². The van der Waals surface area contributed by atoms with Crippen LogP contribution in [0.15, 0.2) is 66.7 Å². The summed E-state index contributed by atoms with van der Waals surface area (Å²) < 4.78 is 0. The largest absolute Gasteiger partial charge is 0.358 e. The summed E-state index contributed by atoms with van der Waals surface area (Å²) in [6.45, 7) is 3.17. The van der Waals surface area contributed by atoms with Crippen LogP contribution in [0, 0.1) is 0 Å². The number of aromatic nitrogens is 1. The van der Waals surface area contributed by atoms with E-state index in [1.165, 1.54) is 38.5 Å². The van der Waals surface area contributed by atoms with Gasteiger partial charge in [0.2, 0.25) is 0 Å². The fraction of sp³-hybridized carbons (Fsp3) is 0.182. The molecule has 3 aromatic carbocycles. The Labute approximate surface area is 141 Å². The van der Waals surface area contributed by atoms with Crippen molar-refractivity contribution in [1.29, 1.82) is 0 Å². The number of H-pyrrole nitrogens is 1. The minimum atomic E-state index is 1.03. The Hall–Kier alpha value is -2.58. The van der Waals surface area contributed by atoms with Crippen LogP contribution in [0.3, 0.4) is 0 Å². The second-order valence-electron chi connectivity index (χ2n) is 6.74. The van der Waals surface area contributed by atoms with Gasteiger partial charge in [-0.2, -0.15) is 0 Å². The Morgan fingerprint density at radius 3 is 2.62 bits per heavy atom. The molecule has 4 aromatic rings. The highest BCUT2D eigenvalue weighted by Gasteiger charge is 2.21. The summed E-state index contributed by atoms with van der Waals surface area (Å²) in [6, 6.07) is 24.0.